The van der Waals surface area contributed by atoms with Crippen LogP contribution in [0.15, 0.2) is 12.3 Å². The average molecular weight is 258 g/mol. The monoisotopic (exact) mass is 257 g/mol. The second-order valence-electron chi connectivity index (χ2n) is 3.50. The van der Waals surface area contributed by atoms with Crippen LogP contribution in [0.3, 0.4) is 0 Å². The zero-order valence-corrected chi connectivity index (χ0v) is 10.2. The number of hydrogen-bond acceptors (Lipinski definition) is 4. The van der Waals surface area contributed by atoms with Gasteiger partial charge in [-0.25, -0.2) is 9.78 Å². The Bertz CT molecular complexity index is 448. The number of carbonyl (C=O) groups is 2. The van der Waals surface area contributed by atoms with Crippen LogP contribution in [-0.4, -0.2) is 47.5 Å². The minimum absolute atomic E-state index is 0.000476. The zero-order valence-electron chi connectivity index (χ0n) is 9.40. The number of carboxylic acid groups (broad SMARTS) is 1. The predicted molar refractivity (Wildman–Crippen MR) is 63.4 cm³/mol. The van der Waals surface area contributed by atoms with Crippen molar-refractivity contribution in [2.24, 2.45) is 0 Å². The molecule has 0 atom stereocenters. The molecule has 1 aromatic heterocycles. The molecule has 1 rings (SSSR count). The van der Waals surface area contributed by atoms with E-state index in [1.165, 1.54) is 17.2 Å². The highest BCUT2D eigenvalue weighted by molar-refractivity contribution is 6.33. The van der Waals surface area contributed by atoms with Crippen LogP contribution in [0.1, 0.15) is 10.4 Å². The molecule has 0 aromatic carbocycles. The van der Waals surface area contributed by atoms with Gasteiger partial charge in [0.25, 0.3) is 0 Å². The van der Waals surface area contributed by atoms with E-state index in [2.05, 4.69) is 10.3 Å². The maximum Gasteiger partial charge on any atom is 0.337 e. The molecule has 0 saturated carbocycles. The summed E-state index contributed by atoms with van der Waals surface area (Å²) in [4.78, 5) is 27.2. The molecule has 92 valence electrons. The third kappa shape index (κ3) is 3.60. The molecule has 0 aliphatic carbocycles. The van der Waals surface area contributed by atoms with Gasteiger partial charge in [0.05, 0.1) is 17.1 Å². The summed E-state index contributed by atoms with van der Waals surface area (Å²) in [5, 5.41) is 11.6. The number of aromatic nitrogens is 1. The fraction of sp³-hybridized carbons (Fsp3) is 0.300. The van der Waals surface area contributed by atoms with Crippen LogP contribution < -0.4 is 5.32 Å². The summed E-state index contributed by atoms with van der Waals surface area (Å²) >= 11 is 5.82. The lowest BCUT2D eigenvalue weighted by Crippen LogP contribution is -2.28. The standard InChI is InChI=1S/C10H12ClN3O3/c1-14(2)8(15)5-13-9-7(11)3-6(4-12-9)10(16)17/h3-4H,5H2,1-2H3,(H,12,13)(H,16,17). The molecule has 2 N–H and O–H groups in total. The van der Waals surface area contributed by atoms with Gasteiger partial charge in [-0.2, -0.15) is 0 Å². The zero-order chi connectivity index (χ0) is 13.0. The van der Waals surface area contributed by atoms with Crippen molar-refractivity contribution < 1.29 is 14.7 Å². The topological polar surface area (TPSA) is 82.5 Å². The summed E-state index contributed by atoms with van der Waals surface area (Å²) in [6.45, 7) is 0.0478. The minimum atomic E-state index is -1.10. The SMILES string of the molecule is CN(C)C(=O)CNc1ncc(C(=O)O)cc1Cl. The number of hydrogen-bond donors (Lipinski definition) is 2. The normalized spacial score (nSPS) is 9.82. The van der Waals surface area contributed by atoms with Gasteiger partial charge in [0.2, 0.25) is 5.91 Å². The minimum Gasteiger partial charge on any atom is -0.478 e. The Hall–Kier alpha value is -1.82. The molecule has 17 heavy (non-hydrogen) atoms. The molecule has 0 unspecified atom stereocenters. The summed E-state index contributed by atoms with van der Waals surface area (Å²) in [6.07, 6.45) is 1.18. The fourth-order valence-corrected chi connectivity index (χ4v) is 1.24. The molecule has 0 fully saturated rings. The van der Waals surface area contributed by atoms with Crippen LogP contribution in [0, 0.1) is 0 Å². The quantitative estimate of drug-likeness (QED) is 0.839. The van der Waals surface area contributed by atoms with Crippen molar-refractivity contribution in [3.05, 3.63) is 22.8 Å². The number of carboxylic acids is 1. The van der Waals surface area contributed by atoms with Crippen molar-refractivity contribution in [2.45, 2.75) is 0 Å². The lowest BCUT2D eigenvalue weighted by Gasteiger charge is -2.12. The number of rotatable bonds is 4. The van der Waals surface area contributed by atoms with Crippen LogP contribution in [0.25, 0.3) is 0 Å². The molecular formula is C10H12ClN3O3. The number of nitrogens with zero attached hydrogens (tertiary/aromatic N) is 2. The number of carbonyl (C=O) groups excluding carboxylic acids is 1. The summed E-state index contributed by atoms with van der Waals surface area (Å²) < 4.78 is 0. The van der Waals surface area contributed by atoms with Crippen LogP contribution in [0.4, 0.5) is 5.82 Å². The molecule has 1 amide bonds. The maximum atomic E-state index is 11.3. The highest BCUT2D eigenvalue weighted by Crippen LogP contribution is 2.19. The van der Waals surface area contributed by atoms with Gasteiger partial charge in [-0.15, -0.1) is 0 Å². The molecule has 0 radical (unpaired) electrons. The van der Waals surface area contributed by atoms with E-state index < -0.39 is 5.97 Å². The number of anilines is 1. The molecule has 0 aliphatic rings. The van der Waals surface area contributed by atoms with E-state index in [1.54, 1.807) is 14.1 Å². The lowest BCUT2D eigenvalue weighted by atomic mass is 10.3. The van der Waals surface area contributed by atoms with Gasteiger partial charge < -0.3 is 15.3 Å². The number of pyridine rings is 1. The van der Waals surface area contributed by atoms with Gasteiger partial charge in [-0.1, -0.05) is 11.6 Å². The molecule has 0 saturated heterocycles. The Morgan fingerprint density at radius 3 is 2.65 bits per heavy atom. The van der Waals surface area contributed by atoms with E-state index in [1.807, 2.05) is 0 Å². The number of halogens is 1. The first kappa shape index (κ1) is 13.2. The van der Waals surface area contributed by atoms with E-state index >= 15 is 0 Å². The first-order valence-electron chi connectivity index (χ1n) is 4.74. The Balaban J connectivity index is 2.73. The molecule has 7 heteroatoms. The van der Waals surface area contributed by atoms with Crippen LogP contribution in [-0.2, 0) is 4.79 Å². The summed E-state index contributed by atoms with van der Waals surface area (Å²) in [7, 11) is 3.26. The van der Waals surface area contributed by atoms with Gasteiger partial charge in [-0.3, -0.25) is 4.79 Å². The van der Waals surface area contributed by atoms with E-state index in [0.717, 1.165) is 0 Å². The second kappa shape index (κ2) is 5.49. The Kier molecular flexibility index (Phi) is 4.28. The second-order valence-corrected chi connectivity index (χ2v) is 3.91. The number of likely N-dealkylation sites (N-methyl/N-ethyl adjacent to an activating group) is 1. The van der Waals surface area contributed by atoms with Crippen LogP contribution in [0.5, 0.6) is 0 Å². The van der Waals surface area contributed by atoms with Crippen molar-refractivity contribution in [2.75, 3.05) is 26.0 Å². The molecule has 1 aromatic rings. The largest absolute Gasteiger partial charge is 0.478 e. The Labute approximate surface area is 103 Å². The molecular weight excluding hydrogens is 246 g/mol. The van der Waals surface area contributed by atoms with Crippen molar-refractivity contribution in [3.63, 3.8) is 0 Å². The molecule has 0 aliphatic heterocycles. The van der Waals surface area contributed by atoms with Gasteiger partial charge >= 0.3 is 5.97 Å². The molecule has 0 spiro atoms. The number of nitrogens with one attached hydrogen (secondary N) is 1. The molecule has 1 heterocycles. The summed E-state index contributed by atoms with van der Waals surface area (Å²) in [5.74, 6) is -0.952. The first-order chi connectivity index (χ1) is 7.91. The van der Waals surface area contributed by atoms with E-state index in [9.17, 15) is 9.59 Å². The summed E-state index contributed by atoms with van der Waals surface area (Å²) in [6, 6.07) is 1.28. The average Bonchev–Trinajstić information content (AvgIpc) is 2.26. The van der Waals surface area contributed by atoms with Gasteiger partial charge in [0, 0.05) is 20.3 Å². The number of aromatic carboxylic acids is 1. The lowest BCUT2D eigenvalue weighted by molar-refractivity contribution is -0.126. The van der Waals surface area contributed by atoms with Gasteiger partial charge in [0.15, 0.2) is 0 Å². The highest BCUT2D eigenvalue weighted by Gasteiger charge is 2.10. The smallest absolute Gasteiger partial charge is 0.337 e. The number of amides is 1. The Morgan fingerprint density at radius 1 is 1.53 bits per heavy atom. The first-order valence-corrected chi connectivity index (χ1v) is 5.12. The van der Waals surface area contributed by atoms with Crippen molar-refractivity contribution in [3.8, 4) is 0 Å². The van der Waals surface area contributed by atoms with Crippen molar-refractivity contribution in [1.29, 1.82) is 0 Å². The maximum absolute atomic E-state index is 11.3. The van der Waals surface area contributed by atoms with E-state index in [4.69, 9.17) is 16.7 Å². The van der Waals surface area contributed by atoms with E-state index in [0.29, 0.717) is 0 Å². The van der Waals surface area contributed by atoms with Crippen molar-refractivity contribution in [1.82, 2.24) is 9.88 Å². The third-order valence-corrected chi connectivity index (χ3v) is 2.28. The van der Waals surface area contributed by atoms with Crippen molar-refractivity contribution >= 4 is 29.3 Å². The Morgan fingerprint density at radius 2 is 2.18 bits per heavy atom. The van der Waals surface area contributed by atoms with Gasteiger partial charge in [-0.05, 0) is 6.07 Å². The molecule has 0 bridgehead atoms. The predicted octanol–water partition coefficient (Wildman–Crippen LogP) is 0.933. The highest BCUT2D eigenvalue weighted by atomic mass is 35.5. The van der Waals surface area contributed by atoms with Gasteiger partial charge in [0.1, 0.15) is 5.82 Å². The molecule has 6 nitrogen and oxygen atoms in total. The third-order valence-electron chi connectivity index (χ3n) is 1.99. The summed E-state index contributed by atoms with van der Waals surface area (Å²) in [5.41, 5.74) is -0.000476. The van der Waals surface area contributed by atoms with E-state index in [-0.39, 0.29) is 28.9 Å². The van der Waals surface area contributed by atoms with Crippen LogP contribution >= 0.6 is 11.6 Å². The fourth-order valence-electron chi connectivity index (χ4n) is 1.00. The van der Waals surface area contributed by atoms with Crippen LogP contribution in [0.2, 0.25) is 5.02 Å².